The fourth-order valence-electron chi connectivity index (χ4n) is 3.89. The molecule has 3 rings (SSSR count). The van der Waals surface area contributed by atoms with E-state index in [0.717, 1.165) is 0 Å². The van der Waals surface area contributed by atoms with Gasteiger partial charge in [0.15, 0.2) is 25.2 Å². The van der Waals surface area contributed by atoms with E-state index >= 15 is 0 Å². The SMILES string of the molecule is COCC1O[C@@H](O[C@H]2C(O)O[C@@H](O[C@H]3C(O)O[C@@H](C)C(O)C3O)C(O)C2O)C(O)C(O)[C@@H]1O. The number of ether oxygens (including phenoxy) is 6. The number of hydrogen-bond acceptors (Lipinski definition) is 15. The van der Waals surface area contributed by atoms with Crippen molar-refractivity contribution in [2.24, 2.45) is 0 Å². The van der Waals surface area contributed by atoms with Gasteiger partial charge in [-0.1, -0.05) is 0 Å². The molecule has 0 radical (unpaired) electrons. The van der Waals surface area contributed by atoms with Gasteiger partial charge in [-0.15, -0.1) is 0 Å². The zero-order valence-corrected chi connectivity index (χ0v) is 17.8. The van der Waals surface area contributed by atoms with Gasteiger partial charge in [-0.25, -0.2) is 0 Å². The summed E-state index contributed by atoms with van der Waals surface area (Å²) in [7, 11) is 1.31. The molecule has 0 aromatic rings. The van der Waals surface area contributed by atoms with E-state index in [0.29, 0.717) is 0 Å². The lowest BCUT2D eigenvalue weighted by molar-refractivity contribution is -0.401. The Labute approximate surface area is 188 Å². The first kappa shape index (κ1) is 27.0. The first-order valence-corrected chi connectivity index (χ1v) is 10.4. The molecular formula is C18H32O15. The van der Waals surface area contributed by atoms with Crippen LogP contribution in [-0.4, -0.2) is 152 Å². The highest BCUT2D eigenvalue weighted by molar-refractivity contribution is 4.93. The van der Waals surface area contributed by atoms with Crippen molar-refractivity contribution in [3.05, 3.63) is 0 Å². The Balaban J connectivity index is 1.66. The highest BCUT2D eigenvalue weighted by Crippen LogP contribution is 2.31. The molecule has 3 fully saturated rings. The fourth-order valence-corrected chi connectivity index (χ4v) is 3.89. The Morgan fingerprint density at radius 3 is 1.64 bits per heavy atom. The van der Waals surface area contributed by atoms with Gasteiger partial charge in [0.05, 0.1) is 12.7 Å². The monoisotopic (exact) mass is 488 g/mol. The molecule has 194 valence electrons. The number of hydrogen-bond donors (Lipinski definition) is 9. The van der Waals surface area contributed by atoms with E-state index in [9.17, 15) is 46.0 Å². The summed E-state index contributed by atoms with van der Waals surface area (Å²) in [6, 6.07) is 0. The van der Waals surface area contributed by atoms with E-state index < -0.39 is 92.3 Å². The summed E-state index contributed by atoms with van der Waals surface area (Å²) in [6.45, 7) is 1.23. The van der Waals surface area contributed by atoms with E-state index in [2.05, 4.69) is 0 Å². The molecule has 33 heavy (non-hydrogen) atoms. The normalized spacial score (nSPS) is 53.7. The van der Waals surface area contributed by atoms with E-state index in [4.69, 9.17) is 28.4 Å². The molecule has 15 heteroatoms. The zero-order chi connectivity index (χ0) is 24.6. The van der Waals surface area contributed by atoms with Crippen LogP contribution in [0.2, 0.25) is 0 Å². The minimum Gasteiger partial charge on any atom is -0.388 e. The van der Waals surface area contributed by atoms with Crippen molar-refractivity contribution < 1.29 is 74.4 Å². The van der Waals surface area contributed by atoms with Gasteiger partial charge in [-0.3, -0.25) is 0 Å². The van der Waals surface area contributed by atoms with Gasteiger partial charge in [0, 0.05) is 7.11 Å². The van der Waals surface area contributed by atoms with Crippen LogP contribution in [0.25, 0.3) is 0 Å². The van der Waals surface area contributed by atoms with Gasteiger partial charge in [0.25, 0.3) is 0 Å². The van der Waals surface area contributed by atoms with Gasteiger partial charge < -0.3 is 74.4 Å². The number of aliphatic hydroxyl groups is 9. The first-order valence-electron chi connectivity index (χ1n) is 10.4. The molecule has 3 aliphatic heterocycles. The summed E-state index contributed by atoms with van der Waals surface area (Å²) in [5.74, 6) is 0. The van der Waals surface area contributed by atoms with Crippen molar-refractivity contribution in [1.82, 2.24) is 0 Å². The maximum absolute atomic E-state index is 10.5. The van der Waals surface area contributed by atoms with Crippen LogP contribution in [-0.2, 0) is 28.4 Å². The van der Waals surface area contributed by atoms with Crippen molar-refractivity contribution in [3.8, 4) is 0 Å². The fraction of sp³-hybridized carbons (Fsp3) is 1.00. The van der Waals surface area contributed by atoms with Crippen LogP contribution in [0.15, 0.2) is 0 Å². The summed E-state index contributed by atoms with van der Waals surface area (Å²) < 4.78 is 31.0. The molecule has 3 aliphatic rings. The smallest absolute Gasteiger partial charge is 0.189 e. The van der Waals surface area contributed by atoms with Gasteiger partial charge in [-0.2, -0.15) is 0 Å². The van der Waals surface area contributed by atoms with Crippen LogP contribution < -0.4 is 0 Å². The summed E-state index contributed by atoms with van der Waals surface area (Å²) in [5.41, 5.74) is 0. The molecule has 0 saturated carbocycles. The third kappa shape index (κ3) is 5.48. The zero-order valence-electron chi connectivity index (χ0n) is 17.8. The minimum absolute atomic E-state index is 0.172. The van der Waals surface area contributed by atoms with Crippen LogP contribution in [0.1, 0.15) is 6.92 Å². The second-order valence-electron chi connectivity index (χ2n) is 8.26. The first-order chi connectivity index (χ1) is 15.5. The van der Waals surface area contributed by atoms with Gasteiger partial charge in [0.2, 0.25) is 0 Å². The van der Waals surface area contributed by atoms with Crippen molar-refractivity contribution >= 4 is 0 Å². The van der Waals surface area contributed by atoms with Crippen LogP contribution in [0, 0.1) is 0 Å². The molecule has 0 aromatic carbocycles. The Morgan fingerprint density at radius 1 is 0.576 bits per heavy atom. The molecule has 9 unspecified atom stereocenters. The molecule has 0 aromatic heterocycles. The lowest BCUT2D eigenvalue weighted by Crippen LogP contribution is -2.65. The Hall–Kier alpha value is -0.600. The second-order valence-corrected chi connectivity index (χ2v) is 8.26. The molecule has 0 aliphatic carbocycles. The van der Waals surface area contributed by atoms with Crippen LogP contribution in [0.4, 0.5) is 0 Å². The van der Waals surface area contributed by atoms with Crippen molar-refractivity contribution in [3.63, 3.8) is 0 Å². The van der Waals surface area contributed by atoms with Crippen LogP contribution in [0.5, 0.6) is 0 Å². The number of aliphatic hydroxyl groups excluding tert-OH is 9. The molecule has 9 N–H and O–H groups in total. The maximum Gasteiger partial charge on any atom is 0.189 e. The molecular weight excluding hydrogens is 456 g/mol. The van der Waals surface area contributed by atoms with E-state index in [1.165, 1.54) is 14.0 Å². The Morgan fingerprint density at radius 2 is 1.06 bits per heavy atom. The predicted octanol–water partition coefficient (Wildman–Crippen LogP) is -5.93. The summed E-state index contributed by atoms with van der Waals surface area (Å²) in [4.78, 5) is 0. The number of rotatable bonds is 6. The topological polar surface area (TPSA) is 237 Å². The third-order valence-electron chi connectivity index (χ3n) is 5.90. The van der Waals surface area contributed by atoms with Crippen molar-refractivity contribution in [2.45, 2.75) is 99.2 Å². The largest absolute Gasteiger partial charge is 0.388 e. The Bertz CT molecular complexity index is 626. The van der Waals surface area contributed by atoms with Crippen molar-refractivity contribution in [2.75, 3.05) is 13.7 Å². The molecule has 0 amide bonds. The molecule has 0 spiro atoms. The number of methoxy groups -OCH3 is 1. The highest BCUT2D eigenvalue weighted by atomic mass is 16.8. The van der Waals surface area contributed by atoms with E-state index in [1.807, 2.05) is 0 Å². The Kier molecular flexibility index (Phi) is 8.99. The molecule has 0 bridgehead atoms. The van der Waals surface area contributed by atoms with Gasteiger partial charge >= 0.3 is 0 Å². The average molecular weight is 488 g/mol. The summed E-state index contributed by atoms with van der Waals surface area (Å²) in [6.07, 6.45) is -24.3. The van der Waals surface area contributed by atoms with Crippen molar-refractivity contribution in [1.29, 1.82) is 0 Å². The van der Waals surface area contributed by atoms with Gasteiger partial charge in [0.1, 0.15) is 61.0 Å². The van der Waals surface area contributed by atoms with E-state index in [1.54, 1.807) is 0 Å². The molecule has 3 heterocycles. The lowest BCUT2D eigenvalue weighted by atomic mass is 9.98. The standard InChI is InChI=1S/C18H32O15/c1-4-6(19)9(22)13(15(26)29-4)32-18-12(25)10(23)14(16(27)33-18)31-17-11(24)8(21)7(20)5(30-17)3-28-2/h4-27H,3H2,1-2H3/t4-,5?,6?,7+,8?,9?,10?,11?,12?,13+,14+,15?,16?,17-,18+/m0/s1. The molecule has 15 atom stereocenters. The average Bonchev–Trinajstić information content (AvgIpc) is 2.77. The molecule has 3 saturated heterocycles. The van der Waals surface area contributed by atoms with E-state index in [-0.39, 0.29) is 6.61 Å². The third-order valence-corrected chi connectivity index (χ3v) is 5.90. The maximum atomic E-state index is 10.5. The second kappa shape index (κ2) is 11.0. The van der Waals surface area contributed by atoms with Crippen LogP contribution in [0.3, 0.4) is 0 Å². The quantitative estimate of drug-likeness (QED) is 0.169. The minimum atomic E-state index is -1.98. The highest BCUT2D eigenvalue weighted by Gasteiger charge is 2.52. The summed E-state index contributed by atoms with van der Waals surface area (Å²) in [5, 5.41) is 91.3. The lowest BCUT2D eigenvalue weighted by Gasteiger charge is -2.46. The van der Waals surface area contributed by atoms with Crippen LogP contribution >= 0.6 is 0 Å². The predicted molar refractivity (Wildman–Crippen MR) is 99.8 cm³/mol. The summed E-state index contributed by atoms with van der Waals surface area (Å²) >= 11 is 0. The van der Waals surface area contributed by atoms with Gasteiger partial charge in [-0.05, 0) is 6.92 Å². The molecule has 15 nitrogen and oxygen atoms in total.